The molecule has 4 heteroatoms. The minimum Gasteiger partial charge on any atom is -0.493 e. The summed E-state index contributed by atoms with van der Waals surface area (Å²) in [4.78, 5) is 11.9. The normalized spacial score (nSPS) is 18.9. The summed E-state index contributed by atoms with van der Waals surface area (Å²) < 4.78 is 5.40. The predicted octanol–water partition coefficient (Wildman–Crippen LogP) is 1.12. The monoisotopic (exact) mass is 247 g/mol. The zero-order valence-electron chi connectivity index (χ0n) is 10.2. The number of amides is 1. The highest BCUT2D eigenvalue weighted by molar-refractivity contribution is 5.94. The van der Waals surface area contributed by atoms with Crippen LogP contribution < -0.4 is 10.1 Å². The van der Waals surface area contributed by atoms with E-state index in [1.807, 2.05) is 12.1 Å². The first-order valence-electron chi connectivity index (χ1n) is 6.46. The average Bonchev–Trinajstić information content (AvgIpc) is 3.13. The lowest BCUT2D eigenvalue weighted by Crippen LogP contribution is -2.33. The molecule has 1 aromatic carbocycles. The molecule has 1 aliphatic heterocycles. The van der Waals surface area contributed by atoms with Crippen molar-refractivity contribution in [3.05, 3.63) is 29.3 Å². The fourth-order valence-electron chi connectivity index (χ4n) is 2.27. The lowest BCUT2D eigenvalue weighted by atomic mass is 10.1. The summed E-state index contributed by atoms with van der Waals surface area (Å²) in [5, 5.41) is 12.5. The Balaban J connectivity index is 1.61. The van der Waals surface area contributed by atoms with E-state index >= 15 is 0 Å². The molecule has 96 valence electrons. The van der Waals surface area contributed by atoms with Crippen molar-refractivity contribution in [1.29, 1.82) is 0 Å². The number of benzene rings is 1. The second kappa shape index (κ2) is 4.61. The molecule has 2 aliphatic rings. The summed E-state index contributed by atoms with van der Waals surface area (Å²) in [6, 6.07) is 5.48. The first-order valence-corrected chi connectivity index (χ1v) is 6.46. The molecule has 1 fully saturated rings. The Bertz CT molecular complexity index is 468. The minimum absolute atomic E-state index is 0.121. The maximum atomic E-state index is 11.9. The molecule has 2 N–H and O–H groups in total. The highest BCUT2D eigenvalue weighted by atomic mass is 16.5. The van der Waals surface area contributed by atoms with Crippen LogP contribution in [-0.4, -0.2) is 30.3 Å². The molecule has 0 bridgehead atoms. The second-order valence-corrected chi connectivity index (χ2v) is 5.04. The molecular formula is C14H17NO3. The highest BCUT2D eigenvalue weighted by Crippen LogP contribution is 2.32. The number of fused-ring (bicyclic) bond motifs is 1. The number of carbonyl (C=O) groups excluding carboxylic acids is 1. The lowest BCUT2D eigenvalue weighted by molar-refractivity contribution is 0.0901. The van der Waals surface area contributed by atoms with Gasteiger partial charge in [-0.25, -0.2) is 0 Å². The third kappa shape index (κ3) is 2.34. The van der Waals surface area contributed by atoms with E-state index in [1.165, 1.54) is 0 Å². The highest BCUT2D eigenvalue weighted by Gasteiger charge is 2.29. The average molecular weight is 247 g/mol. The largest absolute Gasteiger partial charge is 0.493 e. The standard InChI is InChI=1S/C14H17NO3/c16-12(9-1-2-9)8-15-14(17)11-3-4-13-10(7-11)5-6-18-13/h3-4,7,9,12,16H,1-2,5-6,8H2,(H,15,17). The molecule has 1 aliphatic carbocycles. The molecule has 3 rings (SSSR count). The van der Waals surface area contributed by atoms with Gasteiger partial charge in [0.1, 0.15) is 5.75 Å². The predicted molar refractivity (Wildman–Crippen MR) is 66.7 cm³/mol. The van der Waals surface area contributed by atoms with E-state index in [-0.39, 0.29) is 5.91 Å². The fourth-order valence-corrected chi connectivity index (χ4v) is 2.27. The van der Waals surface area contributed by atoms with Gasteiger partial charge in [0.2, 0.25) is 0 Å². The van der Waals surface area contributed by atoms with Gasteiger partial charge in [-0.05, 0) is 42.5 Å². The van der Waals surface area contributed by atoms with Gasteiger partial charge in [-0.3, -0.25) is 4.79 Å². The van der Waals surface area contributed by atoms with Crippen molar-refractivity contribution in [1.82, 2.24) is 5.32 Å². The molecule has 18 heavy (non-hydrogen) atoms. The number of rotatable bonds is 4. The smallest absolute Gasteiger partial charge is 0.251 e. The van der Waals surface area contributed by atoms with Gasteiger partial charge in [0.05, 0.1) is 12.7 Å². The molecular weight excluding hydrogens is 230 g/mol. The molecule has 1 aromatic rings. The molecule has 0 aromatic heterocycles. The summed E-state index contributed by atoms with van der Waals surface area (Å²) in [6.07, 6.45) is 2.62. The van der Waals surface area contributed by atoms with E-state index in [9.17, 15) is 9.90 Å². The van der Waals surface area contributed by atoms with Gasteiger partial charge in [-0.1, -0.05) is 0 Å². The molecule has 1 amide bonds. The Morgan fingerprint density at radius 2 is 2.33 bits per heavy atom. The van der Waals surface area contributed by atoms with Crippen LogP contribution in [0.1, 0.15) is 28.8 Å². The van der Waals surface area contributed by atoms with Gasteiger partial charge in [-0.15, -0.1) is 0 Å². The van der Waals surface area contributed by atoms with Crippen molar-refractivity contribution in [3.63, 3.8) is 0 Å². The number of aliphatic hydroxyl groups is 1. The number of aliphatic hydroxyl groups excluding tert-OH is 1. The van der Waals surface area contributed by atoms with Gasteiger partial charge >= 0.3 is 0 Å². The van der Waals surface area contributed by atoms with Gasteiger partial charge in [0.15, 0.2) is 0 Å². The van der Waals surface area contributed by atoms with Crippen molar-refractivity contribution in [2.75, 3.05) is 13.2 Å². The molecule has 0 spiro atoms. The Labute approximate surface area is 106 Å². The molecule has 4 nitrogen and oxygen atoms in total. The molecule has 0 saturated heterocycles. The number of hydrogen-bond acceptors (Lipinski definition) is 3. The summed E-state index contributed by atoms with van der Waals surface area (Å²) in [5.74, 6) is 1.15. The number of carbonyl (C=O) groups is 1. The van der Waals surface area contributed by atoms with Gasteiger partial charge in [0, 0.05) is 18.5 Å². The van der Waals surface area contributed by atoms with E-state index in [0.29, 0.717) is 24.6 Å². The quantitative estimate of drug-likeness (QED) is 0.838. The van der Waals surface area contributed by atoms with Gasteiger partial charge in [0.25, 0.3) is 5.91 Å². The first-order chi connectivity index (χ1) is 8.74. The Morgan fingerprint density at radius 1 is 1.50 bits per heavy atom. The summed E-state index contributed by atoms with van der Waals surface area (Å²) in [7, 11) is 0. The van der Waals surface area contributed by atoms with E-state index in [1.54, 1.807) is 6.07 Å². The molecule has 0 radical (unpaired) electrons. The van der Waals surface area contributed by atoms with Crippen molar-refractivity contribution >= 4 is 5.91 Å². The lowest BCUT2D eigenvalue weighted by Gasteiger charge is -2.11. The van der Waals surface area contributed by atoms with Crippen LogP contribution in [-0.2, 0) is 6.42 Å². The summed E-state index contributed by atoms with van der Waals surface area (Å²) in [6.45, 7) is 1.04. The van der Waals surface area contributed by atoms with Gasteiger partial charge < -0.3 is 15.2 Å². The molecule has 1 heterocycles. The second-order valence-electron chi connectivity index (χ2n) is 5.04. The summed E-state index contributed by atoms with van der Waals surface area (Å²) >= 11 is 0. The van der Waals surface area contributed by atoms with Crippen LogP contribution in [0.15, 0.2) is 18.2 Å². The van der Waals surface area contributed by atoms with E-state index in [0.717, 1.165) is 30.6 Å². The fraction of sp³-hybridized carbons (Fsp3) is 0.500. The van der Waals surface area contributed by atoms with Crippen molar-refractivity contribution < 1.29 is 14.6 Å². The Hall–Kier alpha value is -1.55. The maximum absolute atomic E-state index is 11.9. The van der Waals surface area contributed by atoms with E-state index in [4.69, 9.17) is 4.74 Å². The first kappa shape index (κ1) is 11.5. The third-order valence-electron chi connectivity index (χ3n) is 3.59. The van der Waals surface area contributed by atoms with Crippen LogP contribution in [0.4, 0.5) is 0 Å². The topological polar surface area (TPSA) is 58.6 Å². The van der Waals surface area contributed by atoms with Crippen LogP contribution in [0.5, 0.6) is 5.75 Å². The minimum atomic E-state index is -0.397. The Morgan fingerprint density at radius 3 is 3.11 bits per heavy atom. The molecule has 1 atom stereocenters. The van der Waals surface area contributed by atoms with Crippen LogP contribution in [0.2, 0.25) is 0 Å². The Kier molecular flexibility index (Phi) is 2.96. The molecule has 1 saturated carbocycles. The van der Waals surface area contributed by atoms with Crippen molar-refractivity contribution in [2.24, 2.45) is 5.92 Å². The van der Waals surface area contributed by atoms with E-state index < -0.39 is 6.10 Å². The van der Waals surface area contributed by atoms with Crippen molar-refractivity contribution in [2.45, 2.75) is 25.4 Å². The SMILES string of the molecule is O=C(NCC(O)C1CC1)c1ccc2c(c1)CCO2. The number of ether oxygens (including phenoxy) is 1. The van der Waals surface area contributed by atoms with Gasteiger partial charge in [-0.2, -0.15) is 0 Å². The number of nitrogens with one attached hydrogen (secondary N) is 1. The van der Waals surface area contributed by atoms with Crippen molar-refractivity contribution in [3.8, 4) is 5.75 Å². The zero-order valence-corrected chi connectivity index (χ0v) is 10.2. The van der Waals surface area contributed by atoms with Crippen LogP contribution in [0, 0.1) is 5.92 Å². The summed E-state index contributed by atoms with van der Waals surface area (Å²) in [5.41, 5.74) is 1.73. The van der Waals surface area contributed by atoms with Crippen LogP contribution in [0.3, 0.4) is 0 Å². The van der Waals surface area contributed by atoms with Crippen LogP contribution in [0.25, 0.3) is 0 Å². The van der Waals surface area contributed by atoms with E-state index in [2.05, 4.69) is 5.32 Å². The van der Waals surface area contributed by atoms with Crippen LogP contribution >= 0.6 is 0 Å². The maximum Gasteiger partial charge on any atom is 0.251 e. The third-order valence-corrected chi connectivity index (χ3v) is 3.59. The molecule has 1 unspecified atom stereocenters. The zero-order chi connectivity index (χ0) is 12.5. The number of hydrogen-bond donors (Lipinski definition) is 2.